The van der Waals surface area contributed by atoms with E-state index in [2.05, 4.69) is 53.1 Å². The number of halogens is 3. The van der Waals surface area contributed by atoms with Crippen LogP contribution in [0, 0.1) is 0 Å². The second kappa shape index (κ2) is 9.45. The van der Waals surface area contributed by atoms with Gasteiger partial charge in [-0.1, -0.05) is 30.3 Å². The van der Waals surface area contributed by atoms with Crippen LogP contribution >= 0.6 is 47.8 Å². The number of rotatable bonds is 6. The van der Waals surface area contributed by atoms with E-state index >= 15 is 0 Å². The number of carbonyl (C=O) groups excluding carboxylic acids is 1. The van der Waals surface area contributed by atoms with Gasteiger partial charge in [0.15, 0.2) is 11.5 Å². The molecule has 0 aromatic heterocycles. The van der Waals surface area contributed by atoms with E-state index in [4.69, 9.17) is 14.2 Å². The highest BCUT2D eigenvalue weighted by Crippen LogP contribution is 2.48. The van der Waals surface area contributed by atoms with E-state index in [1.807, 2.05) is 30.3 Å². The fraction of sp³-hybridized carbons (Fsp3) is 0.235. The number of alkyl carbamates (subject to hydrolysis) is 1. The Balaban J connectivity index is 2.07. The molecule has 0 bridgehead atoms. The van der Waals surface area contributed by atoms with E-state index in [0.29, 0.717) is 20.4 Å². The van der Waals surface area contributed by atoms with Crippen molar-refractivity contribution < 1.29 is 19.0 Å². The summed E-state index contributed by atoms with van der Waals surface area (Å²) in [6, 6.07) is 9.49. The third kappa shape index (κ3) is 4.89. The van der Waals surface area contributed by atoms with Crippen LogP contribution in [-0.4, -0.2) is 20.3 Å². The number of ether oxygens (including phenoxy) is 3. The first-order valence-corrected chi connectivity index (χ1v) is 9.59. The predicted molar refractivity (Wildman–Crippen MR) is 106 cm³/mol. The molecule has 2 aromatic carbocycles. The number of benzene rings is 2. The lowest BCUT2D eigenvalue weighted by Gasteiger charge is -2.18. The van der Waals surface area contributed by atoms with Crippen molar-refractivity contribution >= 4 is 53.9 Å². The minimum Gasteiger partial charge on any atom is -0.492 e. The Morgan fingerprint density at radius 1 is 0.960 bits per heavy atom. The van der Waals surface area contributed by atoms with Crippen LogP contribution in [0.3, 0.4) is 0 Å². The summed E-state index contributed by atoms with van der Waals surface area (Å²) < 4.78 is 18.1. The van der Waals surface area contributed by atoms with Gasteiger partial charge in [0.25, 0.3) is 0 Å². The van der Waals surface area contributed by atoms with Gasteiger partial charge in [0.2, 0.25) is 0 Å². The van der Waals surface area contributed by atoms with Crippen molar-refractivity contribution in [2.75, 3.05) is 14.2 Å². The van der Waals surface area contributed by atoms with E-state index in [1.165, 1.54) is 0 Å². The maximum Gasteiger partial charge on any atom is 0.407 e. The van der Waals surface area contributed by atoms with Crippen LogP contribution < -0.4 is 14.8 Å². The molecular weight excluding hydrogens is 522 g/mol. The first-order chi connectivity index (χ1) is 12.0. The number of amides is 1. The quantitative estimate of drug-likeness (QED) is 0.500. The van der Waals surface area contributed by atoms with Gasteiger partial charge < -0.3 is 19.5 Å². The molecule has 0 aliphatic carbocycles. The second-order valence-electron chi connectivity index (χ2n) is 4.90. The van der Waals surface area contributed by atoms with Crippen molar-refractivity contribution in [3.05, 3.63) is 54.9 Å². The Morgan fingerprint density at radius 3 is 2.16 bits per heavy atom. The molecule has 134 valence electrons. The number of methoxy groups -OCH3 is 2. The lowest BCUT2D eigenvalue weighted by molar-refractivity contribution is 0.139. The van der Waals surface area contributed by atoms with E-state index in [-0.39, 0.29) is 13.2 Å². The fourth-order valence-corrected chi connectivity index (χ4v) is 4.17. The topological polar surface area (TPSA) is 56.8 Å². The van der Waals surface area contributed by atoms with E-state index in [1.54, 1.807) is 14.2 Å². The van der Waals surface area contributed by atoms with Crippen LogP contribution in [0.5, 0.6) is 11.5 Å². The highest BCUT2D eigenvalue weighted by molar-refractivity contribution is 9.13. The van der Waals surface area contributed by atoms with Crippen molar-refractivity contribution in [2.24, 2.45) is 0 Å². The molecule has 0 atom stereocenters. The zero-order valence-corrected chi connectivity index (χ0v) is 18.3. The SMILES string of the molecule is COc1c(Br)c(Br)c(CNC(=O)OCc2ccccc2)c(Br)c1OC. The summed E-state index contributed by atoms with van der Waals surface area (Å²) >= 11 is 10.5. The third-order valence-corrected chi connectivity index (χ3v) is 6.36. The molecule has 0 radical (unpaired) electrons. The van der Waals surface area contributed by atoms with Crippen molar-refractivity contribution in [1.29, 1.82) is 0 Å². The van der Waals surface area contributed by atoms with Crippen LogP contribution in [0.2, 0.25) is 0 Å². The summed E-state index contributed by atoms with van der Waals surface area (Å²) in [6.07, 6.45) is -0.506. The number of hydrogen-bond acceptors (Lipinski definition) is 4. The summed E-state index contributed by atoms with van der Waals surface area (Å²) in [7, 11) is 3.11. The van der Waals surface area contributed by atoms with E-state index < -0.39 is 6.09 Å². The molecule has 0 heterocycles. The van der Waals surface area contributed by atoms with Crippen molar-refractivity contribution in [2.45, 2.75) is 13.2 Å². The van der Waals surface area contributed by atoms with Crippen molar-refractivity contribution in [3.8, 4) is 11.5 Å². The van der Waals surface area contributed by atoms with Gasteiger partial charge in [-0.25, -0.2) is 4.79 Å². The van der Waals surface area contributed by atoms with Gasteiger partial charge in [-0.2, -0.15) is 0 Å². The van der Waals surface area contributed by atoms with E-state index in [0.717, 1.165) is 15.6 Å². The lowest BCUT2D eigenvalue weighted by Crippen LogP contribution is -2.24. The standard InChI is InChI=1S/C17H16Br3NO4/c1-23-15-13(19)11(12(18)14(20)16(15)24-2)8-21-17(22)25-9-10-6-4-3-5-7-10/h3-7H,8-9H2,1-2H3,(H,21,22). The molecule has 1 amide bonds. The lowest BCUT2D eigenvalue weighted by atomic mass is 10.2. The van der Waals surface area contributed by atoms with Gasteiger partial charge >= 0.3 is 6.09 Å². The van der Waals surface area contributed by atoms with Crippen LogP contribution in [0.15, 0.2) is 43.7 Å². The zero-order valence-electron chi connectivity index (χ0n) is 13.6. The summed E-state index contributed by atoms with van der Waals surface area (Å²) in [4.78, 5) is 11.9. The molecule has 0 aliphatic rings. The molecule has 0 aliphatic heterocycles. The van der Waals surface area contributed by atoms with Gasteiger partial charge in [0.1, 0.15) is 6.61 Å². The van der Waals surface area contributed by atoms with E-state index in [9.17, 15) is 4.79 Å². The predicted octanol–water partition coefficient (Wildman–Crippen LogP) is 5.42. The molecule has 25 heavy (non-hydrogen) atoms. The van der Waals surface area contributed by atoms with Gasteiger partial charge in [0.05, 0.1) is 23.2 Å². The molecule has 5 nitrogen and oxygen atoms in total. The van der Waals surface area contributed by atoms with Crippen molar-refractivity contribution in [3.63, 3.8) is 0 Å². The smallest absolute Gasteiger partial charge is 0.407 e. The normalized spacial score (nSPS) is 10.3. The Morgan fingerprint density at radius 2 is 1.56 bits per heavy atom. The molecular formula is C17H16Br3NO4. The summed E-state index contributed by atoms with van der Waals surface area (Å²) in [5.74, 6) is 1.09. The molecule has 0 saturated carbocycles. The molecule has 1 N–H and O–H groups in total. The van der Waals surface area contributed by atoms with Crippen LogP contribution in [0.25, 0.3) is 0 Å². The Labute approximate surface area is 171 Å². The van der Waals surface area contributed by atoms with Gasteiger partial charge in [0, 0.05) is 16.6 Å². The Kier molecular flexibility index (Phi) is 7.58. The Hall–Kier alpha value is -1.25. The largest absolute Gasteiger partial charge is 0.492 e. The minimum atomic E-state index is -0.506. The first kappa shape index (κ1) is 20.1. The van der Waals surface area contributed by atoms with Crippen LogP contribution in [-0.2, 0) is 17.9 Å². The van der Waals surface area contributed by atoms with Crippen LogP contribution in [0.4, 0.5) is 4.79 Å². The maximum atomic E-state index is 11.9. The highest BCUT2D eigenvalue weighted by Gasteiger charge is 2.22. The Bertz CT molecular complexity index is 754. The molecule has 2 rings (SSSR count). The molecule has 2 aromatic rings. The minimum absolute atomic E-state index is 0.213. The molecule has 0 fully saturated rings. The molecule has 0 spiro atoms. The highest BCUT2D eigenvalue weighted by atomic mass is 79.9. The van der Waals surface area contributed by atoms with Crippen molar-refractivity contribution in [1.82, 2.24) is 5.32 Å². The maximum absolute atomic E-state index is 11.9. The van der Waals surface area contributed by atoms with Gasteiger partial charge in [-0.05, 0) is 53.4 Å². The summed E-state index contributed by atoms with van der Waals surface area (Å²) in [5, 5.41) is 2.73. The number of carbonyl (C=O) groups is 1. The average Bonchev–Trinajstić information content (AvgIpc) is 2.63. The average molecular weight is 538 g/mol. The number of hydrogen-bond donors (Lipinski definition) is 1. The zero-order chi connectivity index (χ0) is 18.4. The van der Waals surface area contributed by atoms with Gasteiger partial charge in [-0.15, -0.1) is 0 Å². The second-order valence-corrected chi connectivity index (χ2v) is 7.28. The monoisotopic (exact) mass is 535 g/mol. The summed E-state index contributed by atoms with van der Waals surface area (Å²) in [6.45, 7) is 0.457. The fourth-order valence-electron chi connectivity index (χ4n) is 2.12. The van der Waals surface area contributed by atoms with Crippen LogP contribution in [0.1, 0.15) is 11.1 Å². The first-order valence-electron chi connectivity index (χ1n) is 7.21. The number of nitrogens with one attached hydrogen (secondary N) is 1. The molecule has 0 saturated heterocycles. The van der Waals surface area contributed by atoms with Gasteiger partial charge in [-0.3, -0.25) is 0 Å². The molecule has 0 unspecified atom stereocenters. The molecule has 8 heteroatoms. The summed E-state index contributed by atoms with van der Waals surface area (Å²) in [5.41, 5.74) is 1.72. The third-order valence-electron chi connectivity index (χ3n) is 3.36.